The summed E-state index contributed by atoms with van der Waals surface area (Å²) >= 11 is 0. The van der Waals surface area contributed by atoms with Gasteiger partial charge < -0.3 is 10.0 Å². The molecule has 0 aliphatic carbocycles. The zero-order chi connectivity index (χ0) is 14.3. The fourth-order valence-electron chi connectivity index (χ4n) is 2.19. The molecule has 0 saturated carbocycles. The lowest BCUT2D eigenvalue weighted by Gasteiger charge is -2.16. The number of unbranched alkanes of at least 4 members (excludes halogenated alkanes) is 8. The second kappa shape index (κ2) is 13.9. The number of carbonyl (C=O) groups excluding carboxylic acids is 1. The highest BCUT2D eigenvalue weighted by Crippen LogP contribution is 2.09. The van der Waals surface area contributed by atoms with Crippen molar-refractivity contribution in [3.63, 3.8) is 0 Å². The van der Waals surface area contributed by atoms with Gasteiger partial charge in [0, 0.05) is 26.6 Å². The fraction of sp³-hybridized carbons (Fsp3) is 0.938. The van der Waals surface area contributed by atoms with Crippen molar-refractivity contribution < 1.29 is 9.90 Å². The molecule has 0 aromatic carbocycles. The molecule has 0 unspecified atom stereocenters. The van der Waals surface area contributed by atoms with Gasteiger partial charge in [0.05, 0.1) is 0 Å². The first-order chi connectivity index (χ1) is 9.22. The molecule has 0 saturated heterocycles. The summed E-state index contributed by atoms with van der Waals surface area (Å²) in [5, 5.41) is 8.68. The number of nitrogens with zero attached hydrogens (tertiary/aromatic N) is 1. The maximum absolute atomic E-state index is 11.8. The van der Waals surface area contributed by atoms with E-state index in [9.17, 15) is 4.79 Å². The first-order valence-corrected chi connectivity index (χ1v) is 8.07. The summed E-state index contributed by atoms with van der Waals surface area (Å²) < 4.78 is 0. The molecular formula is C16H33NO2. The number of hydrogen-bond donors (Lipinski definition) is 1. The average molecular weight is 271 g/mol. The van der Waals surface area contributed by atoms with Gasteiger partial charge in [0.15, 0.2) is 0 Å². The van der Waals surface area contributed by atoms with Crippen LogP contribution in [0.5, 0.6) is 0 Å². The molecule has 0 fully saturated rings. The minimum Gasteiger partial charge on any atom is -0.396 e. The Morgan fingerprint density at radius 3 is 2.11 bits per heavy atom. The predicted molar refractivity (Wildman–Crippen MR) is 81.2 cm³/mol. The van der Waals surface area contributed by atoms with E-state index in [1.807, 2.05) is 11.9 Å². The zero-order valence-corrected chi connectivity index (χ0v) is 13.0. The Morgan fingerprint density at radius 2 is 1.47 bits per heavy atom. The standard InChI is InChI=1S/C16H33NO2/c1-3-4-5-6-7-8-10-13-16(19)17(2)14-11-9-12-15-18/h18H,3-15H2,1-2H3. The molecule has 3 nitrogen and oxygen atoms in total. The molecular weight excluding hydrogens is 238 g/mol. The van der Waals surface area contributed by atoms with Crippen molar-refractivity contribution in [3.05, 3.63) is 0 Å². The van der Waals surface area contributed by atoms with Gasteiger partial charge in [0.25, 0.3) is 0 Å². The lowest BCUT2D eigenvalue weighted by molar-refractivity contribution is -0.130. The molecule has 19 heavy (non-hydrogen) atoms. The van der Waals surface area contributed by atoms with E-state index in [1.165, 1.54) is 38.5 Å². The number of aliphatic hydroxyl groups is 1. The largest absolute Gasteiger partial charge is 0.396 e. The van der Waals surface area contributed by atoms with Crippen molar-refractivity contribution in [1.82, 2.24) is 4.90 Å². The first kappa shape index (κ1) is 18.4. The average Bonchev–Trinajstić information content (AvgIpc) is 2.42. The van der Waals surface area contributed by atoms with Crippen LogP contribution in [0.3, 0.4) is 0 Å². The van der Waals surface area contributed by atoms with Crippen LogP contribution >= 0.6 is 0 Å². The van der Waals surface area contributed by atoms with Gasteiger partial charge >= 0.3 is 0 Å². The Labute approximate surface area is 119 Å². The molecule has 1 N–H and O–H groups in total. The molecule has 0 atom stereocenters. The van der Waals surface area contributed by atoms with Gasteiger partial charge in [-0.3, -0.25) is 4.79 Å². The molecule has 0 aromatic heterocycles. The van der Waals surface area contributed by atoms with Crippen LogP contribution in [0.25, 0.3) is 0 Å². The normalized spacial score (nSPS) is 10.7. The Kier molecular flexibility index (Phi) is 13.4. The van der Waals surface area contributed by atoms with Crippen LogP contribution in [-0.2, 0) is 4.79 Å². The molecule has 0 aliphatic heterocycles. The highest BCUT2D eigenvalue weighted by atomic mass is 16.2. The molecule has 114 valence electrons. The Hall–Kier alpha value is -0.570. The summed E-state index contributed by atoms with van der Waals surface area (Å²) in [5.74, 6) is 0.276. The maximum atomic E-state index is 11.8. The van der Waals surface area contributed by atoms with Crippen LogP contribution in [0.4, 0.5) is 0 Å². The van der Waals surface area contributed by atoms with E-state index >= 15 is 0 Å². The third kappa shape index (κ3) is 12.2. The molecule has 3 heteroatoms. The molecule has 0 radical (unpaired) electrons. The van der Waals surface area contributed by atoms with Crippen molar-refractivity contribution in [1.29, 1.82) is 0 Å². The van der Waals surface area contributed by atoms with Gasteiger partial charge in [0.1, 0.15) is 0 Å². The van der Waals surface area contributed by atoms with Crippen molar-refractivity contribution in [2.24, 2.45) is 0 Å². The minimum atomic E-state index is 0.260. The predicted octanol–water partition coefficient (Wildman–Crippen LogP) is 3.75. The van der Waals surface area contributed by atoms with Crippen molar-refractivity contribution in [3.8, 4) is 0 Å². The monoisotopic (exact) mass is 271 g/mol. The van der Waals surface area contributed by atoms with E-state index in [-0.39, 0.29) is 12.5 Å². The molecule has 0 bridgehead atoms. The summed E-state index contributed by atoms with van der Waals surface area (Å²) in [5.41, 5.74) is 0. The number of aliphatic hydroxyl groups excluding tert-OH is 1. The smallest absolute Gasteiger partial charge is 0.222 e. The van der Waals surface area contributed by atoms with E-state index < -0.39 is 0 Å². The number of amides is 1. The van der Waals surface area contributed by atoms with Crippen molar-refractivity contribution >= 4 is 5.91 Å². The van der Waals surface area contributed by atoms with Gasteiger partial charge in [-0.1, -0.05) is 45.4 Å². The summed E-state index contributed by atoms with van der Waals surface area (Å²) in [7, 11) is 1.89. The molecule has 0 rings (SSSR count). The Morgan fingerprint density at radius 1 is 0.895 bits per heavy atom. The van der Waals surface area contributed by atoms with Gasteiger partial charge in [-0.05, 0) is 25.7 Å². The summed E-state index contributed by atoms with van der Waals surface area (Å²) in [6.07, 6.45) is 12.3. The quantitative estimate of drug-likeness (QED) is 0.518. The molecule has 0 heterocycles. The van der Waals surface area contributed by atoms with Gasteiger partial charge in [0.2, 0.25) is 5.91 Å². The van der Waals surface area contributed by atoms with E-state index in [2.05, 4.69) is 6.92 Å². The van der Waals surface area contributed by atoms with Crippen LogP contribution in [0.2, 0.25) is 0 Å². The zero-order valence-electron chi connectivity index (χ0n) is 13.0. The third-order valence-corrected chi connectivity index (χ3v) is 3.57. The van der Waals surface area contributed by atoms with Crippen molar-refractivity contribution in [2.45, 2.75) is 77.6 Å². The van der Waals surface area contributed by atoms with Crippen LogP contribution in [-0.4, -0.2) is 36.1 Å². The van der Waals surface area contributed by atoms with Gasteiger partial charge in [-0.25, -0.2) is 0 Å². The lowest BCUT2D eigenvalue weighted by atomic mass is 10.1. The third-order valence-electron chi connectivity index (χ3n) is 3.57. The lowest BCUT2D eigenvalue weighted by Crippen LogP contribution is -2.27. The van der Waals surface area contributed by atoms with E-state index in [1.54, 1.807) is 0 Å². The fourth-order valence-corrected chi connectivity index (χ4v) is 2.19. The number of rotatable bonds is 13. The number of carbonyl (C=O) groups is 1. The molecule has 0 spiro atoms. The summed E-state index contributed by atoms with van der Waals surface area (Å²) in [6.45, 7) is 3.32. The Balaban J connectivity index is 3.36. The second-order valence-electron chi connectivity index (χ2n) is 5.47. The maximum Gasteiger partial charge on any atom is 0.222 e. The minimum absolute atomic E-state index is 0.260. The molecule has 0 aromatic rings. The molecule has 1 amide bonds. The topological polar surface area (TPSA) is 40.5 Å². The summed E-state index contributed by atoms with van der Waals surface area (Å²) in [4.78, 5) is 13.7. The van der Waals surface area contributed by atoms with E-state index in [0.717, 1.165) is 32.2 Å². The van der Waals surface area contributed by atoms with E-state index in [4.69, 9.17) is 5.11 Å². The first-order valence-electron chi connectivity index (χ1n) is 8.07. The highest BCUT2D eigenvalue weighted by molar-refractivity contribution is 5.75. The van der Waals surface area contributed by atoms with E-state index in [0.29, 0.717) is 6.42 Å². The molecule has 0 aliphatic rings. The van der Waals surface area contributed by atoms with Crippen LogP contribution in [0.15, 0.2) is 0 Å². The van der Waals surface area contributed by atoms with Crippen LogP contribution < -0.4 is 0 Å². The Bertz CT molecular complexity index is 207. The van der Waals surface area contributed by atoms with Crippen LogP contribution in [0.1, 0.15) is 77.6 Å². The van der Waals surface area contributed by atoms with Gasteiger partial charge in [-0.2, -0.15) is 0 Å². The van der Waals surface area contributed by atoms with Gasteiger partial charge in [-0.15, -0.1) is 0 Å². The SMILES string of the molecule is CCCCCCCCCC(=O)N(C)CCCCCO. The second-order valence-corrected chi connectivity index (χ2v) is 5.47. The van der Waals surface area contributed by atoms with Crippen molar-refractivity contribution in [2.75, 3.05) is 20.2 Å². The number of hydrogen-bond acceptors (Lipinski definition) is 2. The van der Waals surface area contributed by atoms with Crippen LogP contribution in [0, 0.1) is 0 Å². The highest BCUT2D eigenvalue weighted by Gasteiger charge is 2.07. The summed E-state index contributed by atoms with van der Waals surface area (Å²) in [6, 6.07) is 0.